The maximum absolute atomic E-state index is 11.9. The summed E-state index contributed by atoms with van der Waals surface area (Å²) in [5, 5.41) is 0. The SMILES string of the molecule is CCOC(=O)c1c(C)nc(C2(OC)CCCC2)nc1N. The van der Waals surface area contributed by atoms with Gasteiger partial charge in [-0.2, -0.15) is 0 Å². The fourth-order valence-electron chi connectivity index (χ4n) is 2.72. The topological polar surface area (TPSA) is 87.3 Å². The van der Waals surface area contributed by atoms with E-state index in [2.05, 4.69) is 9.97 Å². The number of ether oxygens (including phenoxy) is 2. The summed E-state index contributed by atoms with van der Waals surface area (Å²) >= 11 is 0. The number of nitrogens with two attached hydrogens (primary N) is 1. The molecule has 1 aliphatic carbocycles. The van der Waals surface area contributed by atoms with Gasteiger partial charge < -0.3 is 15.2 Å². The van der Waals surface area contributed by atoms with Crippen molar-refractivity contribution in [1.82, 2.24) is 9.97 Å². The van der Waals surface area contributed by atoms with Gasteiger partial charge in [-0.05, 0) is 39.5 Å². The lowest BCUT2D eigenvalue weighted by atomic mass is 10.0. The summed E-state index contributed by atoms with van der Waals surface area (Å²) in [5.74, 6) is 0.252. The predicted octanol–water partition coefficient (Wildman–Crippen LogP) is 1.96. The van der Waals surface area contributed by atoms with Crippen molar-refractivity contribution in [3.63, 3.8) is 0 Å². The highest BCUT2D eigenvalue weighted by molar-refractivity contribution is 5.95. The van der Waals surface area contributed by atoms with E-state index in [9.17, 15) is 4.79 Å². The van der Waals surface area contributed by atoms with E-state index in [1.807, 2.05) is 0 Å². The van der Waals surface area contributed by atoms with E-state index < -0.39 is 11.6 Å². The summed E-state index contributed by atoms with van der Waals surface area (Å²) in [4.78, 5) is 20.6. The third kappa shape index (κ3) is 2.47. The van der Waals surface area contributed by atoms with E-state index in [-0.39, 0.29) is 11.4 Å². The Morgan fingerprint density at radius 1 is 1.35 bits per heavy atom. The highest BCUT2D eigenvalue weighted by Crippen LogP contribution is 2.40. The summed E-state index contributed by atoms with van der Waals surface area (Å²) in [6.07, 6.45) is 3.91. The number of esters is 1. The number of nitrogen functional groups attached to an aromatic ring is 1. The highest BCUT2D eigenvalue weighted by Gasteiger charge is 2.39. The van der Waals surface area contributed by atoms with Crippen LogP contribution in [0, 0.1) is 6.92 Å². The average Bonchev–Trinajstić information content (AvgIpc) is 2.88. The third-order valence-corrected chi connectivity index (χ3v) is 3.81. The molecule has 2 rings (SSSR count). The number of methoxy groups -OCH3 is 1. The zero-order valence-electron chi connectivity index (χ0n) is 12.2. The molecule has 1 fully saturated rings. The summed E-state index contributed by atoms with van der Waals surface area (Å²) in [6, 6.07) is 0. The van der Waals surface area contributed by atoms with Gasteiger partial charge in [0, 0.05) is 7.11 Å². The molecule has 0 spiro atoms. The Hall–Kier alpha value is -1.69. The number of carbonyl (C=O) groups excluding carboxylic acids is 1. The first kappa shape index (κ1) is 14.7. The molecule has 0 amide bonds. The molecule has 110 valence electrons. The van der Waals surface area contributed by atoms with Crippen LogP contribution in [-0.2, 0) is 15.1 Å². The van der Waals surface area contributed by atoms with Gasteiger partial charge in [-0.15, -0.1) is 0 Å². The molecule has 0 atom stereocenters. The molecule has 6 nitrogen and oxygen atoms in total. The predicted molar refractivity (Wildman–Crippen MR) is 74.3 cm³/mol. The first-order valence-electron chi connectivity index (χ1n) is 6.91. The van der Waals surface area contributed by atoms with Crippen LogP contribution in [0.3, 0.4) is 0 Å². The molecule has 0 aliphatic heterocycles. The standard InChI is InChI=1S/C14H21N3O3/c1-4-20-12(18)10-9(2)16-13(17-11(10)15)14(19-3)7-5-6-8-14/h4-8H2,1-3H3,(H2,15,16,17). The van der Waals surface area contributed by atoms with Crippen molar-refractivity contribution in [2.24, 2.45) is 0 Å². The van der Waals surface area contributed by atoms with Gasteiger partial charge >= 0.3 is 5.97 Å². The number of rotatable bonds is 4. The van der Waals surface area contributed by atoms with Crippen LogP contribution in [0.1, 0.15) is 54.5 Å². The van der Waals surface area contributed by atoms with Crippen molar-refractivity contribution < 1.29 is 14.3 Å². The first-order chi connectivity index (χ1) is 9.54. The molecular weight excluding hydrogens is 258 g/mol. The first-order valence-corrected chi connectivity index (χ1v) is 6.91. The number of aryl methyl sites for hydroxylation is 1. The van der Waals surface area contributed by atoms with E-state index in [4.69, 9.17) is 15.2 Å². The molecular formula is C14H21N3O3. The van der Waals surface area contributed by atoms with E-state index in [0.717, 1.165) is 25.7 Å². The van der Waals surface area contributed by atoms with E-state index in [0.29, 0.717) is 18.1 Å². The van der Waals surface area contributed by atoms with Crippen LogP contribution < -0.4 is 5.73 Å². The fraction of sp³-hybridized carbons (Fsp3) is 0.643. The molecule has 0 radical (unpaired) electrons. The van der Waals surface area contributed by atoms with Crippen LogP contribution in [0.5, 0.6) is 0 Å². The van der Waals surface area contributed by atoms with Gasteiger partial charge in [-0.3, -0.25) is 0 Å². The zero-order valence-corrected chi connectivity index (χ0v) is 12.2. The number of hydrogen-bond donors (Lipinski definition) is 1. The zero-order chi connectivity index (χ0) is 14.8. The second-order valence-electron chi connectivity index (χ2n) is 5.02. The van der Waals surface area contributed by atoms with Crippen molar-refractivity contribution in [3.05, 3.63) is 17.1 Å². The molecule has 1 aromatic rings. The van der Waals surface area contributed by atoms with Gasteiger partial charge in [0.1, 0.15) is 17.0 Å². The third-order valence-electron chi connectivity index (χ3n) is 3.81. The van der Waals surface area contributed by atoms with E-state index >= 15 is 0 Å². The Balaban J connectivity index is 2.42. The summed E-state index contributed by atoms with van der Waals surface area (Å²) < 4.78 is 10.6. The van der Waals surface area contributed by atoms with Gasteiger partial charge in [-0.25, -0.2) is 14.8 Å². The van der Waals surface area contributed by atoms with Crippen molar-refractivity contribution in [3.8, 4) is 0 Å². The molecule has 1 aliphatic rings. The van der Waals surface area contributed by atoms with Crippen LogP contribution in [0.15, 0.2) is 0 Å². The Morgan fingerprint density at radius 3 is 2.50 bits per heavy atom. The van der Waals surface area contributed by atoms with Crippen molar-refractivity contribution in [2.75, 3.05) is 19.5 Å². The van der Waals surface area contributed by atoms with Crippen molar-refractivity contribution in [1.29, 1.82) is 0 Å². The summed E-state index contributed by atoms with van der Waals surface area (Å²) in [7, 11) is 1.67. The Morgan fingerprint density at radius 2 is 2.00 bits per heavy atom. The molecule has 0 unspecified atom stereocenters. The second kappa shape index (κ2) is 5.75. The van der Waals surface area contributed by atoms with Crippen molar-refractivity contribution in [2.45, 2.75) is 45.1 Å². The minimum Gasteiger partial charge on any atom is -0.462 e. The van der Waals surface area contributed by atoms with Crippen LogP contribution in [0.25, 0.3) is 0 Å². The van der Waals surface area contributed by atoms with Gasteiger partial charge in [0.05, 0.1) is 12.3 Å². The van der Waals surface area contributed by atoms with Gasteiger partial charge in [-0.1, -0.05) is 0 Å². The number of nitrogens with zero attached hydrogens (tertiary/aromatic N) is 2. The maximum Gasteiger partial charge on any atom is 0.343 e. The number of aromatic nitrogens is 2. The van der Waals surface area contributed by atoms with Crippen molar-refractivity contribution >= 4 is 11.8 Å². The largest absolute Gasteiger partial charge is 0.462 e. The highest BCUT2D eigenvalue weighted by atomic mass is 16.5. The van der Waals surface area contributed by atoms with Crippen LogP contribution in [-0.4, -0.2) is 29.7 Å². The fourth-order valence-corrected chi connectivity index (χ4v) is 2.72. The van der Waals surface area contributed by atoms with Crippen LogP contribution >= 0.6 is 0 Å². The molecule has 2 N–H and O–H groups in total. The van der Waals surface area contributed by atoms with Gasteiger partial charge in [0.15, 0.2) is 5.82 Å². The number of hydrogen-bond acceptors (Lipinski definition) is 6. The monoisotopic (exact) mass is 279 g/mol. The van der Waals surface area contributed by atoms with Gasteiger partial charge in [0.25, 0.3) is 0 Å². The molecule has 0 saturated heterocycles. The molecule has 1 aromatic heterocycles. The second-order valence-corrected chi connectivity index (χ2v) is 5.02. The summed E-state index contributed by atoms with van der Waals surface area (Å²) in [5.41, 5.74) is 6.25. The lowest BCUT2D eigenvalue weighted by Gasteiger charge is -2.26. The Kier molecular flexibility index (Phi) is 4.23. The number of anilines is 1. The lowest BCUT2D eigenvalue weighted by Crippen LogP contribution is -2.29. The number of carbonyl (C=O) groups is 1. The molecule has 20 heavy (non-hydrogen) atoms. The smallest absolute Gasteiger partial charge is 0.343 e. The summed E-state index contributed by atoms with van der Waals surface area (Å²) in [6.45, 7) is 3.78. The Bertz CT molecular complexity index is 487. The lowest BCUT2D eigenvalue weighted by molar-refractivity contribution is -0.0163. The van der Waals surface area contributed by atoms with Gasteiger partial charge in [0.2, 0.25) is 0 Å². The normalized spacial score (nSPS) is 17.1. The molecule has 1 heterocycles. The Labute approximate surface area is 118 Å². The molecule has 1 saturated carbocycles. The molecule has 6 heteroatoms. The minimum atomic E-state index is -0.480. The minimum absolute atomic E-state index is 0.161. The quantitative estimate of drug-likeness (QED) is 0.848. The van der Waals surface area contributed by atoms with Crippen LogP contribution in [0.2, 0.25) is 0 Å². The molecule has 0 aromatic carbocycles. The molecule has 0 bridgehead atoms. The van der Waals surface area contributed by atoms with E-state index in [1.165, 1.54) is 0 Å². The van der Waals surface area contributed by atoms with E-state index in [1.54, 1.807) is 21.0 Å². The maximum atomic E-state index is 11.9. The average molecular weight is 279 g/mol. The van der Waals surface area contributed by atoms with Crippen LogP contribution in [0.4, 0.5) is 5.82 Å².